The lowest BCUT2D eigenvalue weighted by molar-refractivity contribution is 0.168. The predicted octanol–water partition coefficient (Wildman–Crippen LogP) is 3.92. The van der Waals surface area contributed by atoms with E-state index in [9.17, 15) is 0 Å². The Hall–Kier alpha value is -0.540. The fourth-order valence-corrected chi connectivity index (χ4v) is 2.97. The van der Waals surface area contributed by atoms with Gasteiger partial charge in [0.1, 0.15) is 5.75 Å². The van der Waals surface area contributed by atoms with Crippen LogP contribution in [0.4, 0.5) is 0 Å². The van der Waals surface area contributed by atoms with Gasteiger partial charge in [-0.25, -0.2) is 0 Å². The summed E-state index contributed by atoms with van der Waals surface area (Å²) in [6.07, 6.45) is 2.14. The normalized spacial score (nSPS) is 14.2. The average molecular weight is 315 g/mol. The summed E-state index contributed by atoms with van der Waals surface area (Å²) in [4.78, 5) is 0. The molecule has 1 rings (SSSR count). The number of rotatable bonds is 8. The van der Waals surface area contributed by atoms with Crippen LogP contribution in [0.1, 0.15) is 18.9 Å². The monoisotopic (exact) mass is 314 g/mol. The lowest BCUT2D eigenvalue weighted by Gasteiger charge is -2.22. The molecule has 0 radical (unpaired) electrons. The molecule has 0 fully saturated rings. The third kappa shape index (κ3) is 4.62. The van der Waals surface area contributed by atoms with Crippen LogP contribution in [0.3, 0.4) is 0 Å². The standard InChI is InChI=1S/C15H23BrO2/c1-12(8-9-17-2)14(11-16)10-13-6-4-5-7-15(13)18-3/h4-7,12,14H,8-11H2,1-3H3. The molecule has 0 heterocycles. The average Bonchev–Trinajstić information content (AvgIpc) is 2.42. The van der Waals surface area contributed by atoms with E-state index in [1.807, 2.05) is 12.1 Å². The van der Waals surface area contributed by atoms with E-state index in [0.29, 0.717) is 11.8 Å². The summed E-state index contributed by atoms with van der Waals surface area (Å²) in [5, 5.41) is 1.01. The maximum Gasteiger partial charge on any atom is 0.122 e. The zero-order valence-electron chi connectivity index (χ0n) is 11.5. The number of alkyl halides is 1. The largest absolute Gasteiger partial charge is 0.496 e. The van der Waals surface area contributed by atoms with Crippen molar-refractivity contribution in [3.63, 3.8) is 0 Å². The second kappa shape index (κ2) is 8.54. The molecule has 0 aliphatic heterocycles. The molecular weight excluding hydrogens is 292 g/mol. The minimum Gasteiger partial charge on any atom is -0.496 e. The Morgan fingerprint density at radius 2 is 1.94 bits per heavy atom. The van der Waals surface area contributed by atoms with Gasteiger partial charge in [-0.1, -0.05) is 41.1 Å². The number of methoxy groups -OCH3 is 2. The molecule has 0 saturated heterocycles. The van der Waals surface area contributed by atoms with E-state index in [4.69, 9.17) is 9.47 Å². The molecule has 0 aliphatic rings. The van der Waals surface area contributed by atoms with Gasteiger partial charge in [-0.05, 0) is 36.3 Å². The lowest BCUT2D eigenvalue weighted by Crippen LogP contribution is -2.18. The van der Waals surface area contributed by atoms with Gasteiger partial charge in [0.15, 0.2) is 0 Å². The van der Waals surface area contributed by atoms with E-state index in [2.05, 4.69) is 35.0 Å². The van der Waals surface area contributed by atoms with E-state index in [1.165, 1.54) is 5.56 Å². The van der Waals surface area contributed by atoms with Gasteiger partial charge in [-0.15, -0.1) is 0 Å². The Bertz CT molecular complexity index is 341. The van der Waals surface area contributed by atoms with Crippen LogP contribution in [0.5, 0.6) is 5.75 Å². The Labute approximate surface area is 119 Å². The summed E-state index contributed by atoms with van der Waals surface area (Å²) in [5.41, 5.74) is 1.29. The van der Waals surface area contributed by atoms with Crippen LogP contribution in [-0.2, 0) is 11.2 Å². The SMILES string of the molecule is COCCC(C)C(CBr)Cc1ccccc1OC. The first-order chi connectivity index (χ1) is 8.72. The molecule has 102 valence electrons. The molecule has 2 nitrogen and oxygen atoms in total. The van der Waals surface area contributed by atoms with Crippen molar-refractivity contribution in [3.8, 4) is 5.75 Å². The first-order valence-corrected chi connectivity index (χ1v) is 7.51. The molecule has 0 N–H and O–H groups in total. The maximum absolute atomic E-state index is 5.41. The number of para-hydroxylation sites is 1. The molecule has 0 spiro atoms. The van der Waals surface area contributed by atoms with Gasteiger partial charge in [-0.2, -0.15) is 0 Å². The molecule has 0 aromatic heterocycles. The van der Waals surface area contributed by atoms with Crippen LogP contribution in [0, 0.1) is 11.8 Å². The molecule has 2 atom stereocenters. The number of benzene rings is 1. The first kappa shape index (κ1) is 15.5. The van der Waals surface area contributed by atoms with E-state index in [0.717, 1.165) is 30.5 Å². The first-order valence-electron chi connectivity index (χ1n) is 6.39. The molecule has 1 aromatic rings. The second-order valence-electron chi connectivity index (χ2n) is 4.69. The van der Waals surface area contributed by atoms with Crippen molar-refractivity contribution in [2.45, 2.75) is 19.8 Å². The zero-order chi connectivity index (χ0) is 13.4. The van der Waals surface area contributed by atoms with Crippen LogP contribution in [-0.4, -0.2) is 26.2 Å². The fourth-order valence-electron chi connectivity index (χ4n) is 2.10. The molecule has 0 amide bonds. The minimum absolute atomic E-state index is 0.608. The molecular formula is C15H23BrO2. The van der Waals surface area contributed by atoms with Crippen LogP contribution in [0.25, 0.3) is 0 Å². The Morgan fingerprint density at radius 3 is 2.56 bits per heavy atom. The maximum atomic E-state index is 5.41. The molecule has 3 heteroatoms. The highest BCUT2D eigenvalue weighted by Gasteiger charge is 2.18. The highest BCUT2D eigenvalue weighted by Crippen LogP contribution is 2.27. The van der Waals surface area contributed by atoms with Crippen molar-refractivity contribution in [2.75, 3.05) is 26.2 Å². The predicted molar refractivity (Wildman–Crippen MR) is 79.6 cm³/mol. The van der Waals surface area contributed by atoms with E-state index in [-0.39, 0.29) is 0 Å². The topological polar surface area (TPSA) is 18.5 Å². The minimum atomic E-state index is 0.608. The summed E-state index contributed by atoms with van der Waals surface area (Å²) in [6, 6.07) is 8.26. The Balaban J connectivity index is 2.66. The van der Waals surface area contributed by atoms with Gasteiger partial charge in [0.05, 0.1) is 7.11 Å². The van der Waals surface area contributed by atoms with Gasteiger partial charge in [0, 0.05) is 19.0 Å². The third-order valence-corrected chi connectivity index (χ3v) is 4.29. The van der Waals surface area contributed by atoms with Crippen LogP contribution in [0.15, 0.2) is 24.3 Å². The van der Waals surface area contributed by atoms with Gasteiger partial charge in [-0.3, -0.25) is 0 Å². The van der Waals surface area contributed by atoms with Crippen molar-refractivity contribution in [3.05, 3.63) is 29.8 Å². The summed E-state index contributed by atoms with van der Waals surface area (Å²) in [6.45, 7) is 3.12. The molecule has 18 heavy (non-hydrogen) atoms. The lowest BCUT2D eigenvalue weighted by atomic mass is 9.87. The van der Waals surface area contributed by atoms with Crippen LogP contribution >= 0.6 is 15.9 Å². The van der Waals surface area contributed by atoms with Crippen molar-refractivity contribution < 1.29 is 9.47 Å². The molecule has 0 saturated carbocycles. The quantitative estimate of drug-likeness (QED) is 0.677. The summed E-state index contributed by atoms with van der Waals surface area (Å²) in [7, 11) is 3.49. The zero-order valence-corrected chi connectivity index (χ0v) is 13.1. The summed E-state index contributed by atoms with van der Waals surface area (Å²) < 4.78 is 10.6. The van der Waals surface area contributed by atoms with E-state index in [1.54, 1.807) is 14.2 Å². The second-order valence-corrected chi connectivity index (χ2v) is 5.34. The van der Waals surface area contributed by atoms with Gasteiger partial charge < -0.3 is 9.47 Å². The number of hydrogen-bond acceptors (Lipinski definition) is 2. The molecule has 0 bridgehead atoms. The number of hydrogen-bond donors (Lipinski definition) is 0. The van der Waals surface area contributed by atoms with Crippen LogP contribution in [0.2, 0.25) is 0 Å². The van der Waals surface area contributed by atoms with Gasteiger partial charge >= 0.3 is 0 Å². The highest BCUT2D eigenvalue weighted by atomic mass is 79.9. The highest BCUT2D eigenvalue weighted by molar-refractivity contribution is 9.09. The van der Waals surface area contributed by atoms with Crippen molar-refractivity contribution >= 4 is 15.9 Å². The number of halogens is 1. The fraction of sp³-hybridized carbons (Fsp3) is 0.600. The molecule has 0 aliphatic carbocycles. The van der Waals surface area contributed by atoms with E-state index < -0.39 is 0 Å². The smallest absolute Gasteiger partial charge is 0.122 e. The Morgan fingerprint density at radius 1 is 1.22 bits per heavy atom. The van der Waals surface area contributed by atoms with E-state index >= 15 is 0 Å². The summed E-state index contributed by atoms with van der Waals surface area (Å²) >= 11 is 3.63. The third-order valence-electron chi connectivity index (χ3n) is 3.45. The van der Waals surface area contributed by atoms with Crippen LogP contribution < -0.4 is 4.74 Å². The van der Waals surface area contributed by atoms with Crippen molar-refractivity contribution in [1.29, 1.82) is 0 Å². The van der Waals surface area contributed by atoms with Gasteiger partial charge in [0.2, 0.25) is 0 Å². The van der Waals surface area contributed by atoms with Crippen molar-refractivity contribution in [2.24, 2.45) is 11.8 Å². The molecule has 1 aromatic carbocycles. The Kier molecular flexibility index (Phi) is 7.36. The van der Waals surface area contributed by atoms with Crippen molar-refractivity contribution in [1.82, 2.24) is 0 Å². The summed E-state index contributed by atoms with van der Waals surface area (Å²) in [5.74, 6) is 2.23. The number of ether oxygens (including phenoxy) is 2. The molecule has 2 unspecified atom stereocenters. The van der Waals surface area contributed by atoms with Gasteiger partial charge in [0.25, 0.3) is 0 Å².